The molecule has 1 spiro atoms. The summed E-state index contributed by atoms with van der Waals surface area (Å²) in [6, 6.07) is 0. The third-order valence-corrected chi connectivity index (χ3v) is 11.9. The zero-order valence-electron chi connectivity index (χ0n) is 21.5. The number of ether oxygens (including phenoxy) is 2. The number of fused-ring (bicyclic) bond motifs is 7. The zero-order chi connectivity index (χ0) is 23.2. The van der Waals surface area contributed by atoms with E-state index in [1.54, 1.807) is 12.5 Å². The van der Waals surface area contributed by atoms with Gasteiger partial charge < -0.3 is 9.47 Å². The summed E-state index contributed by atoms with van der Waals surface area (Å²) in [7, 11) is 0. The molecule has 2 aliphatic heterocycles. The summed E-state index contributed by atoms with van der Waals surface area (Å²) in [6.45, 7) is 12.7. The summed E-state index contributed by atoms with van der Waals surface area (Å²) in [5.74, 6) is 4.30. The molecular weight excluding hydrogens is 410 g/mol. The highest BCUT2D eigenvalue weighted by Crippen LogP contribution is 2.70. The number of carbonyl (C=O) groups is 1. The number of hydrogen-bond donors (Lipinski definition) is 1. The molecule has 0 unspecified atom stereocenters. The van der Waals surface area contributed by atoms with Crippen molar-refractivity contribution in [3.05, 3.63) is 11.6 Å². The smallest absolute Gasteiger partial charge is 0.302 e. The molecule has 33 heavy (non-hydrogen) atoms. The normalized spacial score (nSPS) is 55.2. The molecule has 11 atom stereocenters. The predicted molar refractivity (Wildman–Crippen MR) is 129 cm³/mol. The van der Waals surface area contributed by atoms with Gasteiger partial charge in [-0.25, -0.2) is 0 Å². The van der Waals surface area contributed by atoms with Crippen LogP contribution in [0.3, 0.4) is 0 Å². The van der Waals surface area contributed by atoms with Gasteiger partial charge in [-0.05, 0) is 91.8 Å². The van der Waals surface area contributed by atoms with E-state index >= 15 is 0 Å². The van der Waals surface area contributed by atoms with Crippen molar-refractivity contribution in [2.24, 2.45) is 46.3 Å². The van der Waals surface area contributed by atoms with Crippen LogP contribution < -0.4 is 5.32 Å². The Morgan fingerprint density at radius 3 is 2.67 bits per heavy atom. The maximum absolute atomic E-state index is 11.5. The van der Waals surface area contributed by atoms with Gasteiger partial charge in [-0.2, -0.15) is 0 Å². The maximum Gasteiger partial charge on any atom is 0.302 e. The molecule has 0 aromatic rings. The molecule has 4 nitrogen and oxygen atoms in total. The average Bonchev–Trinajstić information content (AvgIpc) is 3.21. The first-order chi connectivity index (χ1) is 15.7. The highest BCUT2D eigenvalue weighted by molar-refractivity contribution is 5.66. The lowest BCUT2D eigenvalue weighted by Gasteiger charge is -2.58. The quantitative estimate of drug-likeness (QED) is 0.397. The van der Waals surface area contributed by atoms with Crippen molar-refractivity contribution in [2.45, 2.75) is 110 Å². The Hall–Kier alpha value is -0.870. The molecule has 2 heterocycles. The third kappa shape index (κ3) is 3.18. The van der Waals surface area contributed by atoms with Gasteiger partial charge >= 0.3 is 5.97 Å². The second-order valence-corrected chi connectivity index (χ2v) is 13.4. The molecular formula is C29H45NO3. The first-order valence-electron chi connectivity index (χ1n) is 14.0. The Morgan fingerprint density at radius 1 is 1.12 bits per heavy atom. The summed E-state index contributed by atoms with van der Waals surface area (Å²) < 4.78 is 12.6. The second-order valence-electron chi connectivity index (χ2n) is 13.4. The van der Waals surface area contributed by atoms with Gasteiger partial charge in [-0.1, -0.05) is 39.3 Å². The van der Waals surface area contributed by atoms with Crippen LogP contribution in [0.1, 0.15) is 92.4 Å². The van der Waals surface area contributed by atoms with Gasteiger partial charge in [0.15, 0.2) is 0 Å². The zero-order valence-corrected chi connectivity index (χ0v) is 21.5. The van der Waals surface area contributed by atoms with Crippen molar-refractivity contribution in [3.63, 3.8) is 0 Å². The molecule has 1 N–H and O–H groups in total. The Morgan fingerprint density at radius 2 is 1.94 bits per heavy atom. The highest BCUT2D eigenvalue weighted by atomic mass is 16.5. The third-order valence-electron chi connectivity index (χ3n) is 11.9. The molecule has 6 rings (SSSR count). The molecule has 0 aromatic heterocycles. The van der Waals surface area contributed by atoms with Crippen LogP contribution in [0, 0.1) is 46.3 Å². The minimum absolute atomic E-state index is 0.0621. The standard InChI is InChI=1S/C29H45NO3/c1-17-8-13-29(30-16-17)18(2)26-25(33-29)15-24-22-7-6-20-14-21(32-19(3)31)9-11-27(20,4)23(22)10-12-28(24,26)5/h6,17-18,21-26,30H,7-16H2,1-5H3/t17-,18+,21+,22-,23-,24-,25-,26+,27-,28-,29+/m0/s1. The van der Waals surface area contributed by atoms with Gasteiger partial charge in [-0.15, -0.1) is 0 Å². The largest absolute Gasteiger partial charge is 0.462 e. The van der Waals surface area contributed by atoms with E-state index in [2.05, 4.69) is 39.1 Å². The Labute approximate surface area is 200 Å². The van der Waals surface area contributed by atoms with E-state index < -0.39 is 0 Å². The second kappa shape index (κ2) is 7.56. The van der Waals surface area contributed by atoms with E-state index in [1.165, 1.54) is 44.9 Å². The van der Waals surface area contributed by atoms with Crippen LogP contribution in [0.4, 0.5) is 0 Å². The predicted octanol–water partition coefficient (Wildman–Crippen LogP) is 5.86. The number of allylic oxidation sites excluding steroid dienone is 1. The fraction of sp³-hybridized carbons (Fsp3) is 0.897. The summed E-state index contributed by atoms with van der Waals surface area (Å²) >= 11 is 0. The van der Waals surface area contributed by atoms with Crippen LogP contribution in [0.5, 0.6) is 0 Å². The first kappa shape index (κ1) is 22.6. The van der Waals surface area contributed by atoms with E-state index in [9.17, 15) is 4.79 Å². The van der Waals surface area contributed by atoms with Gasteiger partial charge in [0.2, 0.25) is 0 Å². The van der Waals surface area contributed by atoms with Crippen molar-refractivity contribution >= 4 is 5.97 Å². The van der Waals surface area contributed by atoms with Crippen molar-refractivity contribution in [1.82, 2.24) is 5.32 Å². The summed E-state index contributed by atoms with van der Waals surface area (Å²) in [5.41, 5.74) is 2.24. The topological polar surface area (TPSA) is 47.6 Å². The van der Waals surface area contributed by atoms with Crippen LogP contribution in [0.2, 0.25) is 0 Å². The minimum atomic E-state index is -0.127. The molecule has 0 amide bonds. The molecule has 4 aliphatic carbocycles. The van der Waals surface area contributed by atoms with Crippen LogP contribution in [0.25, 0.3) is 0 Å². The summed E-state index contributed by atoms with van der Waals surface area (Å²) in [5, 5.41) is 3.88. The molecule has 3 saturated carbocycles. The average molecular weight is 456 g/mol. The summed E-state index contributed by atoms with van der Waals surface area (Å²) in [6.07, 6.45) is 13.9. The number of esters is 1. The van der Waals surface area contributed by atoms with Crippen molar-refractivity contribution < 1.29 is 14.3 Å². The van der Waals surface area contributed by atoms with Crippen molar-refractivity contribution in [1.29, 1.82) is 0 Å². The van der Waals surface area contributed by atoms with Gasteiger partial charge in [0, 0.05) is 25.8 Å². The fourth-order valence-electron chi connectivity index (χ4n) is 10.2. The first-order valence-corrected chi connectivity index (χ1v) is 14.0. The molecule has 0 aromatic carbocycles. The molecule has 6 aliphatic rings. The number of piperidine rings is 1. The van der Waals surface area contributed by atoms with Gasteiger partial charge in [0.1, 0.15) is 11.8 Å². The van der Waals surface area contributed by atoms with E-state index in [0.717, 1.165) is 43.1 Å². The van der Waals surface area contributed by atoms with Gasteiger partial charge in [0.05, 0.1) is 6.10 Å². The Kier molecular flexibility index (Phi) is 5.18. The number of carbonyl (C=O) groups excluding carboxylic acids is 1. The van der Waals surface area contributed by atoms with Gasteiger partial charge in [0.25, 0.3) is 0 Å². The SMILES string of the molecule is CC(=O)O[C@@H]1CC[C@@]2(C)C(=CC[C@@H]3[C@@H]4C[C@@H]5O[C@]6(CC[C@H](C)CN6)[C@H](C)[C@H]5[C@@]4(C)CC[C@@H]32)C1. The summed E-state index contributed by atoms with van der Waals surface area (Å²) in [4.78, 5) is 11.5. The van der Waals surface area contributed by atoms with Crippen LogP contribution >= 0.6 is 0 Å². The maximum atomic E-state index is 11.5. The van der Waals surface area contributed by atoms with Crippen LogP contribution in [0.15, 0.2) is 11.6 Å². The number of hydrogen-bond acceptors (Lipinski definition) is 4. The van der Waals surface area contributed by atoms with Crippen molar-refractivity contribution in [3.8, 4) is 0 Å². The number of rotatable bonds is 1. The van der Waals surface area contributed by atoms with Gasteiger partial charge in [-0.3, -0.25) is 10.1 Å². The van der Waals surface area contributed by atoms with Crippen LogP contribution in [-0.2, 0) is 14.3 Å². The molecule has 4 heteroatoms. The molecule has 184 valence electrons. The lowest BCUT2D eigenvalue weighted by Crippen LogP contribution is -2.57. The Balaban J connectivity index is 1.24. The molecule has 2 saturated heterocycles. The number of nitrogens with one attached hydrogen (secondary N) is 1. The van der Waals surface area contributed by atoms with E-state index in [0.29, 0.717) is 28.8 Å². The lowest BCUT2D eigenvalue weighted by molar-refractivity contribution is -0.148. The van der Waals surface area contributed by atoms with Crippen molar-refractivity contribution in [2.75, 3.05) is 6.54 Å². The highest BCUT2D eigenvalue weighted by Gasteiger charge is 2.68. The molecule has 0 bridgehead atoms. The monoisotopic (exact) mass is 455 g/mol. The molecule has 0 radical (unpaired) electrons. The van der Waals surface area contributed by atoms with E-state index in [4.69, 9.17) is 9.47 Å². The molecule has 5 fully saturated rings. The van der Waals surface area contributed by atoms with Crippen LogP contribution in [-0.4, -0.2) is 30.4 Å². The Bertz CT molecular complexity index is 844. The fourth-order valence-corrected chi connectivity index (χ4v) is 10.2. The van der Waals surface area contributed by atoms with E-state index in [1.807, 2.05) is 0 Å². The minimum Gasteiger partial charge on any atom is -0.462 e. The lowest BCUT2D eigenvalue weighted by atomic mass is 9.47. The van der Waals surface area contributed by atoms with E-state index in [-0.39, 0.29) is 17.8 Å².